The van der Waals surface area contributed by atoms with Crippen molar-refractivity contribution >= 4 is 34.7 Å². The van der Waals surface area contributed by atoms with Crippen molar-refractivity contribution in [1.82, 2.24) is 0 Å². The number of hydrogen-bond acceptors (Lipinski definition) is 7. The van der Waals surface area contributed by atoms with Crippen LogP contribution in [0.3, 0.4) is 0 Å². The van der Waals surface area contributed by atoms with Crippen molar-refractivity contribution in [2.45, 2.75) is 11.1 Å². The van der Waals surface area contributed by atoms with Crippen molar-refractivity contribution in [3.05, 3.63) is 58.1 Å². The molecule has 4 nitrogen and oxygen atoms in total. The monoisotopic (exact) mass is 382 g/mol. The standard InChI is InChI=1S/C11H10O3S2.C6H8OS/c1-12-10-7-8-15-11(10)16-14-13-9-5-3-2-4-6-9;1-5-6(7-2)3-4-8-5/h2-8H,1H3;3-4H,1-2H3. The summed E-state index contributed by atoms with van der Waals surface area (Å²) in [6.07, 6.45) is 0. The lowest BCUT2D eigenvalue weighted by Crippen LogP contribution is -1.88. The quantitative estimate of drug-likeness (QED) is 0.304. The maximum atomic E-state index is 5.14. The van der Waals surface area contributed by atoms with Crippen LogP contribution in [0.15, 0.2) is 57.4 Å². The van der Waals surface area contributed by atoms with E-state index in [1.165, 1.54) is 4.88 Å². The van der Waals surface area contributed by atoms with E-state index >= 15 is 0 Å². The van der Waals surface area contributed by atoms with Crippen molar-refractivity contribution in [1.29, 1.82) is 0 Å². The van der Waals surface area contributed by atoms with E-state index in [1.807, 2.05) is 60.1 Å². The van der Waals surface area contributed by atoms with Gasteiger partial charge in [0, 0.05) is 4.88 Å². The lowest BCUT2D eigenvalue weighted by atomic mass is 10.3. The van der Waals surface area contributed by atoms with Gasteiger partial charge in [-0.05, 0) is 41.9 Å². The van der Waals surface area contributed by atoms with E-state index in [9.17, 15) is 0 Å². The summed E-state index contributed by atoms with van der Waals surface area (Å²) in [5, 5.41) is 3.96. The molecule has 7 heteroatoms. The molecule has 0 saturated heterocycles. The molecule has 0 spiro atoms. The van der Waals surface area contributed by atoms with Crippen molar-refractivity contribution in [3.8, 4) is 17.2 Å². The Morgan fingerprint density at radius 2 is 1.50 bits per heavy atom. The second-order valence-electron chi connectivity index (χ2n) is 4.37. The van der Waals surface area contributed by atoms with E-state index < -0.39 is 0 Å². The normalized spacial score (nSPS) is 9.79. The van der Waals surface area contributed by atoms with E-state index in [2.05, 4.69) is 0 Å². The van der Waals surface area contributed by atoms with Crippen LogP contribution in [0.5, 0.6) is 17.2 Å². The van der Waals surface area contributed by atoms with E-state index in [0.717, 1.165) is 27.8 Å². The summed E-state index contributed by atoms with van der Waals surface area (Å²) in [7, 11) is 3.32. The highest BCUT2D eigenvalue weighted by molar-refractivity contribution is 7.96. The zero-order chi connectivity index (χ0) is 17.2. The maximum absolute atomic E-state index is 5.14. The van der Waals surface area contributed by atoms with Gasteiger partial charge in [0.15, 0.2) is 5.75 Å². The first kappa shape index (κ1) is 18.7. The summed E-state index contributed by atoms with van der Waals surface area (Å²) in [4.78, 5) is 6.34. The van der Waals surface area contributed by atoms with Crippen LogP contribution in [0.2, 0.25) is 0 Å². The minimum Gasteiger partial charge on any atom is -0.496 e. The average Bonchev–Trinajstić information content (AvgIpc) is 3.24. The van der Waals surface area contributed by atoms with Gasteiger partial charge in [-0.2, -0.15) is 0 Å². The van der Waals surface area contributed by atoms with Crippen molar-refractivity contribution in [2.24, 2.45) is 0 Å². The molecule has 0 aliphatic carbocycles. The zero-order valence-electron chi connectivity index (χ0n) is 13.6. The average molecular weight is 383 g/mol. The predicted octanol–water partition coefficient (Wildman–Crippen LogP) is 5.84. The van der Waals surface area contributed by atoms with Gasteiger partial charge in [-0.1, -0.05) is 18.2 Å². The molecule has 2 aromatic heterocycles. The summed E-state index contributed by atoms with van der Waals surface area (Å²) in [6.45, 7) is 2.05. The molecular formula is C17H18O4S3. The highest BCUT2D eigenvalue weighted by atomic mass is 32.2. The van der Waals surface area contributed by atoms with Gasteiger partial charge in [-0.3, -0.25) is 0 Å². The number of para-hydroxylation sites is 1. The van der Waals surface area contributed by atoms with Crippen LogP contribution in [0.4, 0.5) is 0 Å². The van der Waals surface area contributed by atoms with Crippen LogP contribution in [0, 0.1) is 6.92 Å². The first-order chi connectivity index (χ1) is 11.7. The molecule has 0 N–H and O–H groups in total. The fourth-order valence-electron chi connectivity index (χ4n) is 1.64. The highest BCUT2D eigenvalue weighted by Gasteiger charge is 2.06. The summed E-state index contributed by atoms with van der Waals surface area (Å²) >= 11 is 4.39. The zero-order valence-corrected chi connectivity index (χ0v) is 16.0. The number of thiophene rings is 2. The molecular weight excluding hydrogens is 364 g/mol. The van der Waals surface area contributed by atoms with Crippen molar-refractivity contribution in [3.63, 3.8) is 0 Å². The van der Waals surface area contributed by atoms with Crippen LogP contribution in [-0.4, -0.2) is 14.2 Å². The topological polar surface area (TPSA) is 36.9 Å². The molecule has 0 aliphatic heterocycles. The van der Waals surface area contributed by atoms with Gasteiger partial charge in [0.05, 0.1) is 26.3 Å². The molecule has 3 rings (SSSR count). The molecule has 24 heavy (non-hydrogen) atoms. The SMILES string of the molecule is COc1ccsc1C.COc1ccsc1SOOc1ccccc1. The second kappa shape index (κ2) is 10.2. The van der Waals surface area contributed by atoms with Gasteiger partial charge in [0.2, 0.25) is 0 Å². The molecule has 0 aliphatic rings. The molecule has 0 amide bonds. The van der Waals surface area contributed by atoms with Crippen LogP contribution in [0.1, 0.15) is 4.88 Å². The summed E-state index contributed by atoms with van der Waals surface area (Å²) in [5.74, 6) is 2.46. The minimum atomic E-state index is 0.672. The highest BCUT2D eigenvalue weighted by Crippen LogP contribution is 2.35. The molecule has 2 heterocycles. The van der Waals surface area contributed by atoms with Gasteiger partial charge >= 0.3 is 0 Å². The Morgan fingerprint density at radius 1 is 0.833 bits per heavy atom. The Bertz CT molecular complexity index is 709. The fourth-order valence-corrected chi connectivity index (χ4v) is 3.71. The predicted molar refractivity (Wildman–Crippen MR) is 100 cm³/mol. The lowest BCUT2D eigenvalue weighted by Gasteiger charge is -2.03. The molecule has 0 radical (unpaired) electrons. The Kier molecular flexibility index (Phi) is 7.97. The van der Waals surface area contributed by atoms with E-state index in [-0.39, 0.29) is 0 Å². The van der Waals surface area contributed by atoms with Crippen LogP contribution >= 0.6 is 34.7 Å². The molecule has 0 saturated carbocycles. The van der Waals surface area contributed by atoms with Gasteiger partial charge < -0.3 is 14.4 Å². The van der Waals surface area contributed by atoms with E-state index in [0.29, 0.717) is 5.75 Å². The number of hydrogen-bond donors (Lipinski definition) is 0. The first-order valence-corrected chi connectivity index (χ1v) is 9.50. The number of benzene rings is 1. The number of ether oxygens (including phenoxy) is 2. The molecule has 0 bridgehead atoms. The van der Waals surface area contributed by atoms with E-state index in [4.69, 9.17) is 18.7 Å². The largest absolute Gasteiger partial charge is 0.496 e. The summed E-state index contributed by atoms with van der Waals surface area (Å²) in [6, 6.07) is 13.2. The smallest absolute Gasteiger partial charge is 0.166 e. The fraction of sp³-hybridized carbons (Fsp3) is 0.176. The Labute approximate surface area is 154 Å². The third kappa shape index (κ3) is 5.76. The van der Waals surface area contributed by atoms with Gasteiger partial charge in [-0.15, -0.1) is 27.0 Å². The third-order valence-corrected chi connectivity index (χ3v) is 5.33. The molecule has 3 aromatic rings. The molecule has 0 fully saturated rings. The van der Waals surface area contributed by atoms with Crippen LogP contribution in [-0.2, 0) is 4.33 Å². The minimum absolute atomic E-state index is 0.672. The Hall–Kier alpha value is -1.67. The summed E-state index contributed by atoms with van der Waals surface area (Å²) < 4.78 is 16.1. The maximum Gasteiger partial charge on any atom is 0.166 e. The Morgan fingerprint density at radius 3 is 2.08 bits per heavy atom. The van der Waals surface area contributed by atoms with Gasteiger partial charge in [-0.25, -0.2) is 0 Å². The molecule has 0 unspecified atom stereocenters. The lowest BCUT2D eigenvalue weighted by molar-refractivity contribution is -0.0776. The summed E-state index contributed by atoms with van der Waals surface area (Å²) in [5.41, 5.74) is 0. The Balaban J connectivity index is 0.000000219. The van der Waals surface area contributed by atoms with E-state index in [1.54, 1.807) is 36.9 Å². The van der Waals surface area contributed by atoms with Crippen molar-refractivity contribution in [2.75, 3.05) is 14.2 Å². The molecule has 0 atom stereocenters. The number of rotatable bonds is 6. The number of methoxy groups -OCH3 is 2. The second-order valence-corrected chi connectivity index (χ2v) is 7.38. The number of aryl methyl sites for hydroxylation is 1. The van der Waals surface area contributed by atoms with Gasteiger partial charge in [0.25, 0.3) is 0 Å². The van der Waals surface area contributed by atoms with Crippen LogP contribution < -0.4 is 14.4 Å². The van der Waals surface area contributed by atoms with Crippen molar-refractivity contribution < 1.29 is 18.7 Å². The third-order valence-electron chi connectivity index (χ3n) is 2.83. The first-order valence-electron chi connectivity index (χ1n) is 7.00. The van der Waals surface area contributed by atoms with Gasteiger partial charge in [0.1, 0.15) is 15.7 Å². The molecule has 1 aromatic carbocycles. The molecule has 128 valence electrons. The van der Waals surface area contributed by atoms with Crippen LogP contribution in [0.25, 0.3) is 0 Å².